The van der Waals surface area contributed by atoms with Gasteiger partial charge in [-0.05, 0) is 17.7 Å². The van der Waals surface area contributed by atoms with Crippen molar-refractivity contribution in [3.63, 3.8) is 0 Å². The molecule has 1 saturated heterocycles. The summed E-state index contributed by atoms with van der Waals surface area (Å²) in [4.78, 5) is 27.1. The van der Waals surface area contributed by atoms with E-state index in [0.29, 0.717) is 43.4 Å². The Labute approximate surface area is 180 Å². The van der Waals surface area contributed by atoms with Crippen molar-refractivity contribution in [2.24, 2.45) is 0 Å². The van der Waals surface area contributed by atoms with E-state index in [1.165, 1.54) is 27.4 Å². The van der Waals surface area contributed by atoms with E-state index in [4.69, 9.17) is 23.4 Å². The molecule has 1 aliphatic rings. The highest BCUT2D eigenvalue weighted by atomic mass is 16.5. The average molecular weight is 433 g/mol. The Morgan fingerprint density at radius 2 is 1.84 bits per heavy atom. The minimum Gasteiger partial charge on any atom is -0.502 e. The van der Waals surface area contributed by atoms with E-state index in [9.17, 15) is 14.7 Å². The summed E-state index contributed by atoms with van der Waals surface area (Å²) in [6.45, 7) is 1.96. The Morgan fingerprint density at radius 1 is 1.13 bits per heavy atom. The van der Waals surface area contributed by atoms with Crippen molar-refractivity contribution in [1.29, 1.82) is 0 Å². The molecule has 0 saturated carbocycles. The molecule has 31 heavy (non-hydrogen) atoms. The van der Waals surface area contributed by atoms with Crippen LogP contribution in [0.1, 0.15) is 29.4 Å². The number of amides is 1. The van der Waals surface area contributed by atoms with E-state index in [1.807, 2.05) is 0 Å². The molecule has 3 rings (SSSR count). The van der Waals surface area contributed by atoms with Crippen molar-refractivity contribution in [2.75, 3.05) is 47.6 Å². The number of carbonyl (C=O) groups excluding carboxylic acids is 1. The topological polar surface area (TPSA) is 108 Å². The van der Waals surface area contributed by atoms with Crippen LogP contribution in [0.5, 0.6) is 17.2 Å². The lowest BCUT2D eigenvalue weighted by Gasteiger charge is -2.28. The number of hydrogen-bond donors (Lipinski definition) is 1. The van der Waals surface area contributed by atoms with E-state index in [1.54, 1.807) is 23.1 Å². The van der Waals surface area contributed by atoms with Gasteiger partial charge in [-0.3, -0.25) is 9.59 Å². The minimum absolute atomic E-state index is 0.00776. The molecule has 0 bridgehead atoms. The van der Waals surface area contributed by atoms with Crippen LogP contribution in [-0.4, -0.2) is 63.5 Å². The molecule has 1 aromatic carbocycles. The summed E-state index contributed by atoms with van der Waals surface area (Å²) in [6.07, 6.45) is -0.0115. The van der Waals surface area contributed by atoms with Gasteiger partial charge >= 0.3 is 0 Å². The Hall–Kier alpha value is -3.04. The van der Waals surface area contributed by atoms with Gasteiger partial charge in [-0.15, -0.1) is 0 Å². The largest absolute Gasteiger partial charge is 0.502 e. The fourth-order valence-corrected chi connectivity index (χ4v) is 3.55. The van der Waals surface area contributed by atoms with Gasteiger partial charge in [-0.25, -0.2) is 0 Å². The molecule has 9 heteroatoms. The Kier molecular flexibility index (Phi) is 7.54. The summed E-state index contributed by atoms with van der Waals surface area (Å²) in [5, 5.41) is 10.5. The molecule has 168 valence electrons. The molecule has 1 atom stereocenters. The van der Waals surface area contributed by atoms with Crippen LogP contribution in [0.2, 0.25) is 0 Å². The van der Waals surface area contributed by atoms with Crippen LogP contribution in [0.4, 0.5) is 0 Å². The molecule has 0 unspecified atom stereocenters. The van der Waals surface area contributed by atoms with Gasteiger partial charge in [0.05, 0.1) is 33.4 Å². The fraction of sp³-hybridized carbons (Fsp3) is 0.455. The van der Waals surface area contributed by atoms with Crippen molar-refractivity contribution in [1.82, 2.24) is 4.90 Å². The number of morpholine rings is 1. The van der Waals surface area contributed by atoms with Crippen molar-refractivity contribution >= 4 is 5.91 Å². The first-order valence-corrected chi connectivity index (χ1v) is 9.90. The molecular formula is C22H27NO8. The third-order valence-electron chi connectivity index (χ3n) is 5.16. The molecule has 1 fully saturated rings. The van der Waals surface area contributed by atoms with E-state index in [0.717, 1.165) is 0 Å². The van der Waals surface area contributed by atoms with Crippen LogP contribution in [0.3, 0.4) is 0 Å². The van der Waals surface area contributed by atoms with Gasteiger partial charge in [-0.2, -0.15) is 0 Å². The number of methoxy groups -OCH3 is 3. The van der Waals surface area contributed by atoms with Crippen LogP contribution < -0.4 is 14.9 Å². The van der Waals surface area contributed by atoms with Crippen molar-refractivity contribution < 1.29 is 33.3 Å². The molecule has 2 aromatic rings. The summed E-state index contributed by atoms with van der Waals surface area (Å²) in [5.74, 6) is -0.156. The Morgan fingerprint density at radius 3 is 2.48 bits per heavy atom. The predicted molar refractivity (Wildman–Crippen MR) is 111 cm³/mol. The van der Waals surface area contributed by atoms with E-state index >= 15 is 0 Å². The highest BCUT2D eigenvalue weighted by Crippen LogP contribution is 2.38. The van der Waals surface area contributed by atoms with Crippen molar-refractivity contribution in [2.45, 2.75) is 18.9 Å². The number of benzene rings is 1. The van der Waals surface area contributed by atoms with Gasteiger partial charge in [0, 0.05) is 32.7 Å². The second-order valence-electron chi connectivity index (χ2n) is 7.09. The van der Waals surface area contributed by atoms with Crippen LogP contribution in [0.25, 0.3) is 0 Å². The van der Waals surface area contributed by atoms with E-state index < -0.39 is 17.1 Å². The smallest absolute Gasteiger partial charge is 0.227 e. The molecule has 1 aromatic heterocycles. The second-order valence-corrected chi connectivity index (χ2v) is 7.09. The number of hydrogen-bond acceptors (Lipinski definition) is 8. The number of aromatic hydroxyl groups is 1. The molecular weight excluding hydrogens is 406 g/mol. The van der Waals surface area contributed by atoms with Crippen molar-refractivity contribution in [3.05, 3.63) is 51.6 Å². The van der Waals surface area contributed by atoms with Gasteiger partial charge in [0.15, 0.2) is 17.3 Å². The van der Waals surface area contributed by atoms with Gasteiger partial charge < -0.3 is 33.4 Å². The molecule has 2 heterocycles. The molecule has 1 amide bonds. The van der Waals surface area contributed by atoms with Crippen LogP contribution in [0, 0.1) is 0 Å². The second kappa shape index (κ2) is 10.3. The molecule has 1 aliphatic heterocycles. The van der Waals surface area contributed by atoms with Crippen LogP contribution >= 0.6 is 0 Å². The fourth-order valence-electron chi connectivity index (χ4n) is 3.55. The zero-order valence-electron chi connectivity index (χ0n) is 17.9. The maximum absolute atomic E-state index is 13.0. The average Bonchev–Trinajstić information content (AvgIpc) is 2.80. The summed E-state index contributed by atoms with van der Waals surface area (Å²) >= 11 is 0. The van der Waals surface area contributed by atoms with Gasteiger partial charge in [0.2, 0.25) is 17.1 Å². The summed E-state index contributed by atoms with van der Waals surface area (Å²) in [5.41, 5.74) is 0.0323. The molecule has 9 nitrogen and oxygen atoms in total. The Bertz CT molecular complexity index is 964. The standard InChI is InChI=1S/C22H27NO8/c1-27-13-15-11-17(24)21(26)22(31-15)16(12-20(25)23-6-8-30-9-7-23)14-4-5-18(28-2)19(10-14)29-3/h4-5,10-11,16,26H,6-9,12-13H2,1-3H3/t16-/m0/s1. The lowest BCUT2D eigenvalue weighted by Crippen LogP contribution is -2.41. The predicted octanol–water partition coefficient (Wildman–Crippen LogP) is 1.89. The summed E-state index contributed by atoms with van der Waals surface area (Å²) in [7, 11) is 4.50. The zero-order valence-corrected chi connectivity index (χ0v) is 17.9. The summed E-state index contributed by atoms with van der Waals surface area (Å²) in [6, 6.07) is 6.34. The molecule has 1 N–H and O–H groups in total. The monoisotopic (exact) mass is 433 g/mol. The van der Waals surface area contributed by atoms with Crippen molar-refractivity contribution in [3.8, 4) is 17.2 Å². The first kappa shape index (κ1) is 22.6. The number of ether oxygens (including phenoxy) is 4. The lowest BCUT2D eigenvalue weighted by atomic mass is 9.91. The van der Waals surface area contributed by atoms with Gasteiger partial charge in [0.25, 0.3) is 0 Å². The molecule has 0 spiro atoms. The quantitative estimate of drug-likeness (QED) is 0.673. The van der Waals surface area contributed by atoms with Gasteiger partial charge in [0.1, 0.15) is 12.4 Å². The number of carbonyl (C=O) groups is 1. The first-order chi connectivity index (χ1) is 15.0. The number of nitrogens with zero attached hydrogens (tertiary/aromatic N) is 1. The van der Waals surface area contributed by atoms with E-state index in [-0.39, 0.29) is 30.5 Å². The molecule has 0 aliphatic carbocycles. The van der Waals surface area contributed by atoms with Crippen LogP contribution in [-0.2, 0) is 20.9 Å². The third kappa shape index (κ3) is 5.18. The summed E-state index contributed by atoms with van der Waals surface area (Å²) < 4.78 is 26.9. The zero-order chi connectivity index (χ0) is 22.4. The maximum atomic E-state index is 13.0. The maximum Gasteiger partial charge on any atom is 0.227 e. The first-order valence-electron chi connectivity index (χ1n) is 9.90. The Balaban J connectivity index is 2.06. The van der Waals surface area contributed by atoms with Crippen LogP contribution in [0.15, 0.2) is 33.5 Å². The SMILES string of the molecule is COCc1cc(=O)c(O)c([C@@H](CC(=O)N2CCOCC2)c2ccc(OC)c(OC)c2)o1. The minimum atomic E-state index is -0.723. The highest BCUT2D eigenvalue weighted by Gasteiger charge is 2.29. The third-order valence-corrected chi connectivity index (χ3v) is 5.16. The van der Waals surface area contributed by atoms with Gasteiger partial charge in [-0.1, -0.05) is 6.07 Å². The van der Waals surface area contributed by atoms with E-state index in [2.05, 4.69) is 0 Å². The highest BCUT2D eigenvalue weighted by molar-refractivity contribution is 5.78. The normalized spacial score (nSPS) is 14.9. The number of rotatable bonds is 8. The molecule has 0 radical (unpaired) electrons. The lowest BCUT2D eigenvalue weighted by molar-refractivity contribution is -0.135.